The Morgan fingerprint density at radius 2 is 1.70 bits per heavy atom. The molecule has 3 heteroatoms. The third-order valence-corrected chi connectivity index (χ3v) is 7.79. The van der Waals surface area contributed by atoms with Crippen LogP contribution in [-0.4, -0.2) is 18.5 Å². The van der Waals surface area contributed by atoms with Crippen molar-refractivity contribution in [3.05, 3.63) is 101 Å². The van der Waals surface area contributed by atoms with Gasteiger partial charge in [-0.2, -0.15) is 0 Å². The zero-order valence-electron chi connectivity index (χ0n) is 18.8. The quantitative estimate of drug-likeness (QED) is 0.412. The van der Waals surface area contributed by atoms with Crippen LogP contribution in [0.4, 0.5) is 13.2 Å². The largest absolute Gasteiger partial charge is 0.244 e. The molecule has 0 N–H and O–H groups in total. The second-order valence-corrected chi connectivity index (χ2v) is 9.60. The van der Waals surface area contributed by atoms with Gasteiger partial charge in [-0.25, -0.2) is 13.2 Å². The molecule has 5 unspecified atom stereocenters. The molecule has 0 heterocycles. The van der Waals surface area contributed by atoms with Gasteiger partial charge in [-0.05, 0) is 95.2 Å². The summed E-state index contributed by atoms with van der Waals surface area (Å²) in [6, 6.07) is 9.93. The van der Waals surface area contributed by atoms with Crippen molar-refractivity contribution in [3.63, 3.8) is 0 Å². The zero-order valence-corrected chi connectivity index (χ0v) is 18.8. The maximum Gasteiger partial charge on any atom is 0.166 e. The average Bonchev–Trinajstić information content (AvgIpc) is 2.85. The molecule has 0 spiro atoms. The van der Waals surface area contributed by atoms with Crippen molar-refractivity contribution < 1.29 is 13.2 Å². The lowest BCUT2D eigenvalue weighted by Crippen LogP contribution is -2.33. The lowest BCUT2D eigenvalue weighted by atomic mass is 9.63. The molecule has 0 aliphatic heterocycles. The van der Waals surface area contributed by atoms with Crippen LogP contribution >= 0.6 is 0 Å². The van der Waals surface area contributed by atoms with Gasteiger partial charge in [0.1, 0.15) is 6.17 Å². The summed E-state index contributed by atoms with van der Waals surface area (Å²) < 4.78 is 42.6. The minimum atomic E-state index is -2.12. The summed E-state index contributed by atoms with van der Waals surface area (Å²) in [4.78, 5) is 0. The summed E-state index contributed by atoms with van der Waals surface area (Å²) in [7, 11) is 0. The summed E-state index contributed by atoms with van der Waals surface area (Å²) in [6.45, 7) is 8.20. The molecule has 0 amide bonds. The Hall–Kier alpha value is -2.73. The molecule has 0 radical (unpaired) electrons. The molecule has 0 saturated heterocycles. The Bertz CT molecular complexity index is 1090. The van der Waals surface area contributed by atoms with Gasteiger partial charge in [0.25, 0.3) is 0 Å². The maximum atomic E-state index is 14.4. The van der Waals surface area contributed by atoms with Gasteiger partial charge in [0.05, 0.1) is 0 Å². The van der Waals surface area contributed by atoms with Crippen LogP contribution in [-0.2, 0) is 0 Å². The molecule has 6 atom stereocenters. The Kier molecular flexibility index (Phi) is 5.95. The summed E-state index contributed by atoms with van der Waals surface area (Å²) in [5.74, 6) is 0.336. The zero-order chi connectivity index (χ0) is 23.1. The highest BCUT2D eigenvalue weighted by molar-refractivity contribution is 5.87. The van der Waals surface area contributed by atoms with Crippen molar-refractivity contribution in [1.29, 1.82) is 0 Å². The van der Waals surface area contributed by atoms with Crippen LogP contribution in [0.2, 0.25) is 0 Å². The molecular weight excluding hydrogens is 417 g/mol. The van der Waals surface area contributed by atoms with Crippen LogP contribution in [0.3, 0.4) is 0 Å². The number of hydrogen-bond donors (Lipinski definition) is 0. The molecule has 170 valence electrons. The first-order chi connectivity index (χ1) is 16.0. The topological polar surface area (TPSA) is 0 Å². The lowest BCUT2D eigenvalue weighted by Gasteiger charge is -2.41. The summed E-state index contributed by atoms with van der Waals surface area (Å²) in [5, 5.41) is 0. The fraction of sp³-hybridized carbons (Fsp3) is 0.400. The van der Waals surface area contributed by atoms with Gasteiger partial charge in [0.15, 0.2) is 12.3 Å². The number of hydrogen-bond acceptors (Lipinski definition) is 0. The molecule has 0 bridgehead atoms. The molecule has 4 aliphatic carbocycles. The Labute approximate surface area is 195 Å². The van der Waals surface area contributed by atoms with Gasteiger partial charge in [-0.3, -0.25) is 0 Å². The standard InChI is InChI=1S/C30H29F3/c1-3-22-23(4-2)29(21-16-26(31)30(33)27(32)17-21)25-12-8-7-11-24(25)28(22)20-14-13-18-9-5-6-10-19(18)15-20/h3-4,11-13,15-16,20,22,26-28,30H,1-2,5-6,9-10,14,17H2/t20?,22?,26?,27?,28?,30-/m1/s1. The minimum absolute atomic E-state index is 0.0682. The van der Waals surface area contributed by atoms with Gasteiger partial charge in [-0.1, -0.05) is 43.0 Å². The van der Waals surface area contributed by atoms with E-state index in [-0.39, 0.29) is 24.2 Å². The van der Waals surface area contributed by atoms with Crippen molar-refractivity contribution in [3.8, 4) is 0 Å². The second-order valence-electron chi connectivity index (χ2n) is 9.60. The second kappa shape index (κ2) is 8.90. The average molecular weight is 447 g/mol. The minimum Gasteiger partial charge on any atom is -0.244 e. The molecule has 1 fully saturated rings. The fourth-order valence-electron chi connectivity index (χ4n) is 6.25. The van der Waals surface area contributed by atoms with Crippen LogP contribution in [0.1, 0.15) is 55.6 Å². The first kappa shape index (κ1) is 22.1. The fourth-order valence-corrected chi connectivity index (χ4v) is 6.25. The van der Waals surface area contributed by atoms with Gasteiger partial charge >= 0.3 is 0 Å². The van der Waals surface area contributed by atoms with Crippen molar-refractivity contribution in [2.75, 3.05) is 0 Å². The SMILES string of the molecule is C=CC1=C(C2=CC(F)[C@@H](F)C(F)C2)c2cc#ccc2C(C2C=C3CCCCC3=CC2)C1C=C. The Morgan fingerprint density at radius 1 is 0.939 bits per heavy atom. The van der Waals surface area contributed by atoms with Gasteiger partial charge < -0.3 is 0 Å². The Balaban J connectivity index is 1.64. The summed E-state index contributed by atoms with van der Waals surface area (Å²) in [6.07, 6.45) is 9.45. The smallest absolute Gasteiger partial charge is 0.166 e. The van der Waals surface area contributed by atoms with E-state index >= 15 is 0 Å². The first-order valence-electron chi connectivity index (χ1n) is 12.0. The van der Waals surface area contributed by atoms with Crippen molar-refractivity contribution >= 4 is 5.57 Å². The van der Waals surface area contributed by atoms with Crippen LogP contribution in [0.15, 0.2) is 78.0 Å². The number of alkyl halides is 3. The predicted molar refractivity (Wildman–Crippen MR) is 128 cm³/mol. The molecule has 33 heavy (non-hydrogen) atoms. The summed E-state index contributed by atoms with van der Waals surface area (Å²) >= 11 is 0. The highest BCUT2D eigenvalue weighted by atomic mass is 19.2. The molecular formula is C30H29F3. The van der Waals surface area contributed by atoms with E-state index < -0.39 is 18.5 Å². The summed E-state index contributed by atoms with van der Waals surface area (Å²) in [5.41, 5.74) is 7.10. The van der Waals surface area contributed by atoms with E-state index in [0.29, 0.717) is 5.57 Å². The molecule has 1 saturated carbocycles. The van der Waals surface area contributed by atoms with Crippen LogP contribution in [0.25, 0.3) is 5.57 Å². The Morgan fingerprint density at radius 3 is 2.42 bits per heavy atom. The van der Waals surface area contributed by atoms with Crippen LogP contribution < -0.4 is 0 Å². The van der Waals surface area contributed by atoms with Crippen molar-refractivity contribution in [2.45, 2.75) is 63.0 Å². The lowest BCUT2D eigenvalue weighted by molar-refractivity contribution is 0.0963. The highest BCUT2D eigenvalue weighted by Gasteiger charge is 2.41. The maximum absolute atomic E-state index is 14.4. The first-order valence-corrected chi connectivity index (χ1v) is 12.0. The highest BCUT2D eigenvalue weighted by Crippen LogP contribution is 2.52. The van der Waals surface area contributed by atoms with Gasteiger partial charge in [0, 0.05) is 18.3 Å². The molecule has 5 rings (SSSR count). The van der Waals surface area contributed by atoms with E-state index in [1.165, 1.54) is 30.1 Å². The molecule has 1 aromatic carbocycles. The number of halogens is 3. The predicted octanol–water partition coefficient (Wildman–Crippen LogP) is 7.92. The van der Waals surface area contributed by atoms with Gasteiger partial charge in [-0.15, -0.1) is 6.58 Å². The van der Waals surface area contributed by atoms with Crippen molar-refractivity contribution in [1.82, 2.24) is 0 Å². The van der Waals surface area contributed by atoms with E-state index in [0.717, 1.165) is 41.5 Å². The van der Waals surface area contributed by atoms with Gasteiger partial charge in [0.2, 0.25) is 0 Å². The van der Waals surface area contributed by atoms with Crippen LogP contribution in [0.5, 0.6) is 0 Å². The molecule has 4 aliphatic rings. The number of rotatable bonds is 4. The third-order valence-electron chi connectivity index (χ3n) is 7.79. The monoisotopic (exact) mass is 446 g/mol. The number of fused-ring (bicyclic) bond motifs is 2. The van der Waals surface area contributed by atoms with E-state index in [2.05, 4.69) is 37.4 Å². The molecule has 0 aromatic heterocycles. The van der Waals surface area contributed by atoms with E-state index in [4.69, 9.17) is 0 Å². The molecule has 0 nitrogen and oxygen atoms in total. The van der Waals surface area contributed by atoms with E-state index in [1.807, 2.05) is 18.2 Å². The third kappa shape index (κ3) is 3.74. The van der Waals surface area contributed by atoms with E-state index in [1.54, 1.807) is 6.08 Å². The number of allylic oxidation sites excluding steroid dienone is 10. The van der Waals surface area contributed by atoms with E-state index in [9.17, 15) is 13.2 Å². The molecule has 1 aromatic rings. The van der Waals surface area contributed by atoms with Crippen LogP contribution in [0, 0.1) is 24.0 Å². The van der Waals surface area contributed by atoms with Crippen molar-refractivity contribution in [2.24, 2.45) is 11.8 Å². The normalized spacial score (nSPS) is 33.6.